The van der Waals surface area contributed by atoms with Crippen LogP contribution in [-0.2, 0) is 29.1 Å². The van der Waals surface area contributed by atoms with Crippen molar-refractivity contribution in [2.75, 3.05) is 0 Å². The summed E-state index contributed by atoms with van der Waals surface area (Å²) in [7, 11) is 0. The van der Waals surface area contributed by atoms with Crippen molar-refractivity contribution in [2.24, 2.45) is 10.8 Å². The van der Waals surface area contributed by atoms with Crippen molar-refractivity contribution in [1.29, 1.82) is 0 Å². The third kappa shape index (κ3) is 3.32. The molecule has 2 saturated heterocycles. The van der Waals surface area contributed by atoms with Crippen LogP contribution in [0.2, 0.25) is 0 Å². The Morgan fingerprint density at radius 1 is 0.656 bits per heavy atom. The van der Waals surface area contributed by atoms with E-state index in [4.69, 9.17) is 19.6 Å². The number of carboxylic acid groups (broad SMARTS) is 2. The quantitative estimate of drug-likeness (QED) is 0.358. The second-order valence-electron chi connectivity index (χ2n) is 10.7. The van der Waals surface area contributed by atoms with E-state index in [1.807, 2.05) is 41.5 Å². The van der Waals surface area contributed by atoms with Crippen LogP contribution in [0.3, 0.4) is 0 Å². The molecule has 186 valence electrons. The fraction of sp³-hybridized carbons (Fsp3) is 0.917. The first-order valence-electron chi connectivity index (χ1n) is 12.0. The van der Waals surface area contributed by atoms with E-state index in [1.165, 1.54) is 0 Å². The molecule has 0 saturated carbocycles. The number of carboxylic acids is 2. The van der Waals surface area contributed by atoms with E-state index in [9.17, 15) is 19.8 Å². The van der Waals surface area contributed by atoms with Crippen molar-refractivity contribution >= 4 is 11.9 Å². The van der Waals surface area contributed by atoms with Crippen LogP contribution < -0.4 is 0 Å². The van der Waals surface area contributed by atoms with Gasteiger partial charge in [0.25, 0.3) is 0 Å². The Balaban J connectivity index is 2.39. The third-order valence-corrected chi connectivity index (χ3v) is 8.41. The molecule has 0 aromatic carbocycles. The first-order chi connectivity index (χ1) is 14.8. The molecule has 0 radical (unpaired) electrons. The van der Waals surface area contributed by atoms with Crippen molar-refractivity contribution < 1.29 is 39.4 Å². The van der Waals surface area contributed by atoms with E-state index >= 15 is 0 Å². The van der Waals surface area contributed by atoms with Crippen LogP contribution in [0.4, 0.5) is 0 Å². The average molecular weight is 459 g/mol. The van der Waals surface area contributed by atoms with E-state index in [1.54, 1.807) is 13.8 Å². The lowest BCUT2D eigenvalue weighted by Crippen LogP contribution is -2.77. The van der Waals surface area contributed by atoms with E-state index < -0.39 is 45.2 Å². The van der Waals surface area contributed by atoms with Gasteiger partial charge in [0.1, 0.15) is 0 Å². The lowest BCUT2D eigenvalue weighted by Gasteiger charge is -2.63. The fourth-order valence-electron chi connectivity index (χ4n) is 6.11. The van der Waals surface area contributed by atoms with Gasteiger partial charge in [-0.15, -0.1) is 0 Å². The SMILES string of the molecule is CCCC1(C(C)(C)CCC(C)(C)C2(CCC)OOC2(CC)C(=O)O)OOC1(CC)C(=O)O. The molecule has 0 aliphatic carbocycles. The molecule has 2 aliphatic rings. The highest BCUT2D eigenvalue weighted by Crippen LogP contribution is 2.61. The Labute approximate surface area is 191 Å². The number of aliphatic carboxylic acids is 2. The lowest BCUT2D eigenvalue weighted by atomic mass is 9.55. The second-order valence-corrected chi connectivity index (χ2v) is 10.7. The van der Waals surface area contributed by atoms with E-state index in [0.717, 1.165) is 12.8 Å². The summed E-state index contributed by atoms with van der Waals surface area (Å²) in [6.45, 7) is 15.7. The first-order valence-corrected chi connectivity index (χ1v) is 12.0. The van der Waals surface area contributed by atoms with Crippen LogP contribution >= 0.6 is 0 Å². The Morgan fingerprint density at radius 2 is 0.969 bits per heavy atom. The average Bonchev–Trinajstić information content (AvgIpc) is 2.67. The van der Waals surface area contributed by atoms with Gasteiger partial charge in [-0.05, 0) is 38.5 Å². The van der Waals surface area contributed by atoms with E-state index in [0.29, 0.717) is 38.5 Å². The maximum atomic E-state index is 12.3. The molecular weight excluding hydrogens is 416 g/mol. The fourth-order valence-corrected chi connectivity index (χ4v) is 6.11. The highest BCUT2D eigenvalue weighted by atomic mass is 17.3. The zero-order valence-electron chi connectivity index (χ0n) is 21.0. The molecule has 0 aromatic heterocycles. The van der Waals surface area contributed by atoms with Crippen LogP contribution in [0.1, 0.15) is 107 Å². The Morgan fingerprint density at radius 3 is 1.12 bits per heavy atom. The summed E-state index contributed by atoms with van der Waals surface area (Å²) in [5, 5.41) is 20.1. The number of rotatable bonds is 13. The molecule has 8 nitrogen and oxygen atoms in total. The summed E-state index contributed by atoms with van der Waals surface area (Å²) in [6.07, 6.45) is 4.40. The van der Waals surface area contributed by atoms with Crippen molar-refractivity contribution in [3.63, 3.8) is 0 Å². The number of carbonyl (C=O) groups is 2. The molecule has 0 amide bonds. The van der Waals surface area contributed by atoms with Gasteiger partial charge in [0.2, 0.25) is 11.2 Å². The smallest absolute Gasteiger partial charge is 0.342 e. The minimum atomic E-state index is -1.40. The molecule has 8 heteroatoms. The minimum absolute atomic E-state index is 0.295. The largest absolute Gasteiger partial charge is 0.479 e. The van der Waals surface area contributed by atoms with Crippen molar-refractivity contribution in [3.05, 3.63) is 0 Å². The standard InChI is InChI=1S/C24H42O8/c1-9-13-23(21(11-3,17(25)26)29-31-23)19(5,6)15-16-20(7,8)24(14-10-2)22(12-4,18(27)28)30-32-24/h9-16H2,1-8H3,(H,25,26)(H,27,28). The van der Waals surface area contributed by atoms with Crippen molar-refractivity contribution in [1.82, 2.24) is 0 Å². The Kier molecular flexibility index (Phi) is 7.48. The van der Waals surface area contributed by atoms with Crippen molar-refractivity contribution in [2.45, 2.75) is 129 Å². The minimum Gasteiger partial charge on any atom is -0.479 e. The topological polar surface area (TPSA) is 112 Å². The van der Waals surface area contributed by atoms with E-state index in [-0.39, 0.29) is 0 Å². The van der Waals surface area contributed by atoms with Crippen LogP contribution in [0.5, 0.6) is 0 Å². The van der Waals surface area contributed by atoms with Crippen LogP contribution in [-0.4, -0.2) is 44.6 Å². The number of hydrogen-bond acceptors (Lipinski definition) is 6. The third-order valence-electron chi connectivity index (χ3n) is 8.41. The molecular formula is C24H42O8. The van der Waals surface area contributed by atoms with Gasteiger partial charge in [-0.2, -0.15) is 0 Å². The first kappa shape index (κ1) is 27.0. The van der Waals surface area contributed by atoms with Crippen LogP contribution in [0.15, 0.2) is 0 Å². The van der Waals surface area contributed by atoms with Gasteiger partial charge in [-0.1, -0.05) is 68.2 Å². The summed E-state index contributed by atoms with van der Waals surface area (Å²) < 4.78 is 0. The summed E-state index contributed by atoms with van der Waals surface area (Å²) in [5.41, 5.74) is -5.86. The molecule has 2 heterocycles. The zero-order chi connectivity index (χ0) is 24.6. The summed E-state index contributed by atoms with van der Waals surface area (Å²) in [4.78, 5) is 46.6. The van der Waals surface area contributed by atoms with E-state index in [2.05, 4.69) is 0 Å². The van der Waals surface area contributed by atoms with Crippen molar-refractivity contribution in [3.8, 4) is 0 Å². The monoisotopic (exact) mass is 458 g/mol. The van der Waals surface area contributed by atoms with Gasteiger partial charge in [0, 0.05) is 10.8 Å². The van der Waals surface area contributed by atoms with Gasteiger partial charge >= 0.3 is 11.9 Å². The van der Waals surface area contributed by atoms with Gasteiger partial charge in [-0.3, -0.25) is 0 Å². The number of hydrogen-bond donors (Lipinski definition) is 2. The van der Waals surface area contributed by atoms with Crippen LogP contribution in [0, 0.1) is 10.8 Å². The predicted molar refractivity (Wildman–Crippen MR) is 118 cm³/mol. The predicted octanol–water partition coefficient (Wildman–Crippen LogP) is 5.29. The molecule has 2 rings (SSSR count). The van der Waals surface area contributed by atoms with Gasteiger partial charge in [0.15, 0.2) is 11.2 Å². The Hall–Kier alpha value is -1.22. The molecule has 32 heavy (non-hydrogen) atoms. The van der Waals surface area contributed by atoms with Gasteiger partial charge in [0.05, 0.1) is 0 Å². The highest BCUT2D eigenvalue weighted by molar-refractivity contribution is 5.81. The normalized spacial score (nSPS) is 35.1. The molecule has 0 spiro atoms. The van der Waals surface area contributed by atoms with Gasteiger partial charge in [-0.25, -0.2) is 29.1 Å². The maximum Gasteiger partial charge on any atom is 0.342 e. The molecule has 2 N–H and O–H groups in total. The zero-order valence-corrected chi connectivity index (χ0v) is 21.0. The molecule has 2 aliphatic heterocycles. The molecule has 2 fully saturated rings. The van der Waals surface area contributed by atoms with Gasteiger partial charge < -0.3 is 10.2 Å². The maximum absolute atomic E-state index is 12.3. The molecule has 0 bridgehead atoms. The Bertz CT molecular complexity index is 651. The van der Waals surface area contributed by atoms with Crippen LogP contribution in [0.25, 0.3) is 0 Å². The summed E-state index contributed by atoms with van der Waals surface area (Å²) >= 11 is 0. The molecule has 4 unspecified atom stereocenters. The highest BCUT2D eigenvalue weighted by Gasteiger charge is 2.75. The summed E-state index contributed by atoms with van der Waals surface area (Å²) in [5.74, 6) is -2.03. The second kappa shape index (κ2) is 8.85. The summed E-state index contributed by atoms with van der Waals surface area (Å²) in [6, 6.07) is 0. The molecule has 4 atom stereocenters. The lowest BCUT2D eigenvalue weighted by molar-refractivity contribution is -0.567. The molecule has 0 aromatic rings.